The minimum atomic E-state index is -3.80. The van der Waals surface area contributed by atoms with Crippen molar-refractivity contribution in [2.24, 2.45) is 0 Å². The molecule has 4 aromatic rings. The molecule has 0 radical (unpaired) electrons. The second-order valence-electron chi connectivity index (χ2n) is 8.42. The molecule has 37 heavy (non-hydrogen) atoms. The van der Waals surface area contributed by atoms with Crippen LogP contribution in [0, 0.1) is 6.92 Å². The number of hydrogen-bond acceptors (Lipinski definition) is 8. The Kier molecular flexibility index (Phi) is 7.51. The van der Waals surface area contributed by atoms with Crippen molar-refractivity contribution in [3.8, 4) is 39.6 Å². The monoisotopic (exact) mass is 539 g/mol. The highest BCUT2D eigenvalue weighted by molar-refractivity contribution is 7.86. The predicted octanol–water partition coefficient (Wildman–Crippen LogP) is 4.98. The number of aryl methyl sites for hydroxylation is 1. The first-order valence-corrected chi connectivity index (χ1v) is 14.8. The van der Waals surface area contributed by atoms with Gasteiger partial charge in [-0.05, 0) is 60.0 Å². The molecule has 0 fully saturated rings. The molecule has 0 N–H and O–H groups in total. The van der Waals surface area contributed by atoms with E-state index in [4.69, 9.17) is 13.1 Å². The molecule has 192 valence electrons. The summed E-state index contributed by atoms with van der Waals surface area (Å²) < 4.78 is 62.4. The second-order valence-corrected chi connectivity index (χ2v) is 11.6. The molecule has 0 spiro atoms. The first-order valence-electron chi connectivity index (χ1n) is 11.1. The molecule has 0 aliphatic heterocycles. The van der Waals surface area contributed by atoms with Crippen LogP contribution in [0.2, 0.25) is 0 Å². The van der Waals surface area contributed by atoms with Crippen LogP contribution in [0.15, 0.2) is 85.1 Å². The van der Waals surface area contributed by atoms with Crippen LogP contribution in [-0.4, -0.2) is 34.3 Å². The van der Waals surface area contributed by atoms with Gasteiger partial charge in [-0.25, -0.2) is 0 Å². The molecular formula is C27H25NO7S2. The van der Waals surface area contributed by atoms with Crippen LogP contribution in [-0.2, 0) is 26.8 Å². The molecule has 0 aliphatic carbocycles. The van der Waals surface area contributed by atoms with Crippen molar-refractivity contribution >= 4 is 20.2 Å². The Hall–Kier alpha value is -3.89. The number of rotatable bonds is 9. The van der Waals surface area contributed by atoms with Gasteiger partial charge in [0.05, 0.1) is 18.2 Å². The number of ether oxygens (including phenoxy) is 1. The molecule has 3 aromatic carbocycles. The molecule has 0 saturated carbocycles. The normalized spacial score (nSPS) is 11.6. The molecule has 4 rings (SSSR count). The second kappa shape index (κ2) is 10.6. The van der Waals surface area contributed by atoms with Gasteiger partial charge in [-0.15, -0.1) is 0 Å². The molecule has 10 heteroatoms. The van der Waals surface area contributed by atoms with Gasteiger partial charge < -0.3 is 13.1 Å². The van der Waals surface area contributed by atoms with Crippen molar-refractivity contribution in [3.63, 3.8) is 0 Å². The Morgan fingerprint density at radius 1 is 0.703 bits per heavy atom. The van der Waals surface area contributed by atoms with Crippen molar-refractivity contribution in [1.29, 1.82) is 0 Å². The van der Waals surface area contributed by atoms with Gasteiger partial charge >= 0.3 is 20.2 Å². The predicted molar refractivity (Wildman–Crippen MR) is 142 cm³/mol. The summed E-state index contributed by atoms with van der Waals surface area (Å²) in [5, 5.41) is 0. The van der Waals surface area contributed by atoms with Crippen molar-refractivity contribution in [2.75, 3.05) is 12.5 Å². The molecule has 1 aromatic heterocycles. The van der Waals surface area contributed by atoms with Gasteiger partial charge in [0, 0.05) is 17.3 Å². The van der Waals surface area contributed by atoms with E-state index in [2.05, 4.69) is 4.98 Å². The summed E-state index contributed by atoms with van der Waals surface area (Å²) in [4.78, 5) is 4.59. The summed E-state index contributed by atoms with van der Waals surface area (Å²) in [7, 11) is -7.40. The average Bonchev–Trinajstić information content (AvgIpc) is 2.82. The summed E-state index contributed by atoms with van der Waals surface area (Å²) in [5.41, 5.74) is 4.73. The van der Waals surface area contributed by atoms with Crippen molar-refractivity contribution in [1.82, 2.24) is 4.98 Å². The van der Waals surface area contributed by atoms with Gasteiger partial charge in [0.25, 0.3) is 0 Å². The zero-order valence-corrected chi connectivity index (χ0v) is 22.0. The zero-order valence-electron chi connectivity index (χ0n) is 20.4. The van der Waals surface area contributed by atoms with Gasteiger partial charge in [0.15, 0.2) is 11.5 Å². The maximum absolute atomic E-state index is 11.9. The number of nitrogens with zero attached hydrogens (tertiary/aromatic N) is 1. The fraction of sp³-hybridized carbons (Fsp3) is 0.148. The zero-order chi connectivity index (χ0) is 26.6. The van der Waals surface area contributed by atoms with Crippen LogP contribution >= 0.6 is 0 Å². The van der Waals surface area contributed by atoms with E-state index in [-0.39, 0.29) is 18.1 Å². The highest BCUT2D eigenvalue weighted by Gasteiger charge is 2.16. The van der Waals surface area contributed by atoms with E-state index in [1.165, 1.54) is 0 Å². The standard InChI is InChI=1S/C27H25NO7S2/c1-19-15-23(21-9-12-24(13-10-21)34-36(2,29)30)17-28-27(19)22-11-14-25(26(16-22)35-37(3,31)32)33-18-20-7-5-4-6-8-20/h4-17H,18H2,1-3H3. The van der Waals surface area contributed by atoms with Gasteiger partial charge in [-0.3, -0.25) is 4.98 Å². The molecule has 0 amide bonds. The van der Waals surface area contributed by atoms with Crippen LogP contribution in [0.25, 0.3) is 22.4 Å². The minimum Gasteiger partial charge on any atom is -0.485 e. The van der Waals surface area contributed by atoms with Crippen LogP contribution in [0.4, 0.5) is 0 Å². The van der Waals surface area contributed by atoms with E-state index in [9.17, 15) is 16.8 Å². The maximum atomic E-state index is 11.9. The summed E-state index contributed by atoms with van der Waals surface area (Å²) in [6.07, 6.45) is 3.65. The molecule has 0 unspecified atom stereocenters. The third kappa shape index (κ3) is 7.31. The van der Waals surface area contributed by atoms with Crippen LogP contribution in [0.5, 0.6) is 17.2 Å². The SMILES string of the molecule is Cc1cc(-c2ccc(OS(C)(=O)=O)cc2)cnc1-c1ccc(OCc2ccccc2)c(OS(C)(=O)=O)c1. The fourth-order valence-corrected chi connectivity index (χ4v) is 4.57. The first-order chi connectivity index (χ1) is 17.5. The Balaban J connectivity index is 1.61. The lowest BCUT2D eigenvalue weighted by Crippen LogP contribution is -2.08. The summed E-state index contributed by atoms with van der Waals surface area (Å²) in [6, 6.07) is 23.1. The van der Waals surface area contributed by atoms with E-state index in [0.717, 1.165) is 34.8 Å². The maximum Gasteiger partial charge on any atom is 0.306 e. The number of benzene rings is 3. The Morgan fingerprint density at radius 2 is 1.35 bits per heavy atom. The molecule has 1 heterocycles. The molecule has 0 saturated heterocycles. The van der Waals surface area contributed by atoms with E-state index in [1.807, 2.05) is 43.3 Å². The summed E-state index contributed by atoms with van der Waals surface area (Å²) in [5.74, 6) is 0.590. The Labute approximate surface area is 216 Å². The number of hydrogen-bond donors (Lipinski definition) is 0. The van der Waals surface area contributed by atoms with E-state index >= 15 is 0 Å². The topological polar surface area (TPSA) is 109 Å². The Bertz CT molecular complexity index is 1620. The molecular weight excluding hydrogens is 514 g/mol. The largest absolute Gasteiger partial charge is 0.485 e. The highest BCUT2D eigenvalue weighted by Crippen LogP contribution is 2.35. The molecule has 8 nitrogen and oxygen atoms in total. The average molecular weight is 540 g/mol. The van der Waals surface area contributed by atoms with Crippen LogP contribution < -0.4 is 13.1 Å². The lowest BCUT2D eigenvalue weighted by Gasteiger charge is -2.14. The first kappa shape index (κ1) is 26.2. The van der Waals surface area contributed by atoms with Gasteiger partial charge in [0.2, 0.25) is 0 Å². The third-order valence-corrected chi connectivity index (χ3v) is 6.19. The molecule has 0 bridgehead atoms. The highest BCUT2D eigenvalue weighted by atomic mass is 32.2. The van der Waals surface area contributed by atoms with Crippen LogP contribution in [0.3, 0.4) is 0 Å². The number of pyridine rings is 1. The lowest BCUT2D eigenvalue weighted by molar-refractivity contribution is 0.296. The van der Waals surface area contributed by atoms with Gasteiger partial charge in [0.1, 0.15) is 12.4 Å². The minimum absolute atomic E-state index is 0.0719. The van der Waals surface area contributed by atoms with E-state index in [1.54, 1.807) is 48.7 Å². The van der Waals surface area contributed by atoms with Gasteiger partial charge in [-0.1, -0.05) is 42.5 Å². The van der Waals surface area contributed by atoms with E-state index < -0.39 is 20.2 Å². The van der Waals surface area contributed by atoms with Crippen molar-refractivity contribution in [2.45, 2.75) is 13.5 Å². The number of aromatic nitrogens is 1. The van der Waals surface area contributed by atoms with Crippen LogP contribution in [0.1, 0.15) is 11.1 Å². The Morgan fingerprint density at radius 3 is 1.97 bits per heavy atom. The van der Waals surface area contributed by atoms with Gasteiger partial charge in [-0.2, -0.15) is 16.8 Å². The smallest absolute Gasteiger partial charge is 0.306 e. The van der Waals surface area contributed by atoms with E-state index in [0.29, 0.717) is 17.0 Å². The lowest BCUT2D eigenvalue weighted by atomic mass is 10.0. The third-order valence-electron chi connectivity index (χ3n) is 5.21. The fourth-order valence-electron chi connectivity index (χ4n) is 3.65. The van der Waals surface area contributed by atoms with Crippen molar-refractivity contribution < 1.29 is 29.9 Å². The van der Waals surface area contributed by atoms with Crippen molar-refractivity contribution in [3.05, 3.63) is 96.2 Å². The summed E-state index contributed by atoms with van der Waals surface area (Å²) >= 11 is 0. The quantitative estimate of drug-likeness (QED) is 0.274. The molecule has 0 aliphatic rings. The molecule has 0 atom stereocenters. The summed E-state index contributed by atoms with van der Waals surface area (Å²) in [6.45, 7) is 2.14.